The topological polar surface area (TPSA) is 55.4 Å². The fourth-order valence-electron chi connectivity index (χ4n) is 3.84. The third kappa shape index (κ3) is 8.51. The molecule has 0 radical (unpaired) electrons. The molecule has 0 aliphatic carbocycles. The van der Waals surface area contributed by atoms with Gasteiger partial charge in [0.05, 0.1) is 5.56 Å². The van der Waals surface area contributed by atoms with Gasteiger partial charge < -0.3 is 10.1 Å². The largest absolute Gasteiger partial charge is 0.423 e. The van der Waals surface area contributed by atoms with Crippen LogP contribution in [-0.4, -0.2) is 11.9 Å². The second-order valence-corrected chi connectivity index (χ2v) is 8.63. The van der Waals surface area contributed by atoms with E-state index in [-0.39, 0.29) is 11.9 Å². The summed E-state index contributed by atoms with van der Waals surface area (Å²) in [6.45, 7) is 2.23. The molecule has 0 atom stereocenters. The first-order valence-electron chi connectivity index (χ1n) is 12.4. The predicted molar refractivity (Wildman–Crippen MR) is 139 cm³/mol. The number of esters is 1. The molecule has 0 heterocycles. The second-order valence-electron chi connectivity index (χ2n) is 8.63. The van der Waals surface area contributed by atoms with E-state index in [1.54, 1.807) is 24.3 Å². The van der Waals surface area contributed by atoms with E-state index in [0.29, 0.717) is 17.7 Å². The average molecular weight is 458 g/mol. The molecule has 0 spiro atoms. The molecule has 4 heteroatoms. The molecule has 0 aliphatic rings. The number of rotatable bonds is 13. The Balaban J connectivity index is 1.42. The zero-order valence-electron chi connectivity index (χ0n) is 20.1. The van der Waals surface area contributed by atoms with Crippen molar-refractivity contribution in [1.29, 1.82) is 0 Å². The lowest BCUT2D eigenvalue weighted by molar-refractivity contribution is -0.116. The summed E-state index contributed by atoms with van der Waals surface area (Å²) in [4.78, 5) is 24.5. The van der Waals surface area contributed by atoms with Crippen molar-refractivity contribution in [2.45, 2.75) is 64.7 Å². The minimum Gasteiger partial charge on any atom is -0.423 e. The van der Waals surface area contributed by atoms with E-state index in [1.807, 2.05) is 54.6 Å². The molecule has 3 rings (SSSR count). The van der Waals surface area contributed by atoms with Gasteiger partial charge in [0.1, 0.15) is 5.75 Å². The van der Waals surface area contributed by atoms with Gasteiger partial charge in [-0.05, 0) is 53.9 Å². The molecule has 178 valence electrons. The Morgan fingerprint density at radius 1 is 0.676 bits per heavy atom. The molecule has 0 aromatic heterocycles. The molecule has 0 saturated carbocycles. The number of hydrogen-bond acceptors (Lipinski definition) is 3. The second kappa shape index (κ2) is 14.0. The van der Waals surface area contributed by atoms with Gasteiger partial charge in [-0.3, -0.25) is 4.79 Å². The lowest BCUT2D eigenvalue weighted by Crippen LogP contribution is -2.10. The fraction of sp³-hybridized carbons (Fsp3) is 0.333. The molecule has 3 aromatic rings. The van der Waals surface area contributed by atoms with E-state index >= 15 is 0 Å². The first-order valence-corrected chi connectivity index (χ1v) is 12.4. The van der Waals surface area contributed by atoms with E-state index in [2.05, 4.69) is 12.2 Å². The van der Waals surface area contributed by atoms with Crippen molar-refractivity contribution >= 4 is 17.6 Å². The van der Waals surface area contributed by atoms with Gasteiger partial charge in [-0.1, -0.05) is 94.3 Å². The highest BCUT2D eigenvalue weighted by atomic mass is 16.5. The predicted octanol–water partition coefficient (Wildman–Crippen LogP) is 8.04. The number of anilines is 1. The Hall–Kier alpha value is -3.40. The molecule has 0 bridgehead atoms. The first kappa shape index (κ1) is 25.2. The van der Waals surface area contributed by atoms with Crippen molar-refractivity contribution in [2.75, 3.05) is 5.32 Å². The summed E-state index contributed by atoms with van der Waals surface area (Å²) < 4.78 is 5.38. The molecule has 1 N–H and O–H groups in total. The molecule has 1 amide bonds. The minimum absolute atomic E-state index is 0.0695. The maximum Gasteiger partial charge on any atom is 0.343 e. The molecular formula is C30H35NO3. The summed E-state index contributed by atoms with van der Waals surface area (Å²) in [5.41, 5.74) is 3.31. The molecule has 4 nitrogen and oxygen atoms in total. The van der Waals surface area contributed by atoms with Crippen LogP contribution in [0.4, 0.5) is 5.69 Å². The molecule has 0 unspecified atom stereocenters. The molecule has 3 aromatic carbocycles. The number of nitrogens with one attached hydrogen (secondary N) is 1. The van der Waals surface area contributed by atoms with Crippen LogP contribution in [0.3, 0.4) is 0 Å². The third-order valence-electron chi connectivity index (χ3n) is 5.83. The van der Waals surface area contributed by atoms with Crippen LogP contribution in [0.15, 0.2) is 78.9 Å². The molecule has 0 saturated heterocycles. The van der Waals surface area contributed by atoms with E-state index < -0.39 is 0 Å². The standard InChI is InChI=1S/C30H35NO3/c1-2-3-4-5-6-7-8-12-15-29(32)31-27-22-20-25(21-23-27)24-16-18-26(19-17-24)30(33)34-28-13-10-9-11-14-28/h9-11,13-14,16-23H,2-8,12,15H2,1H3,(H,31,32). The van der Waals surface area contributed by atoms with Crippen LogP contribution in [0.25, 0.3) is 11.1 Å². The Bertz CT molecular complexity index is 1010. The summed E-state index contributed by atoms with van der Waals surface area (Å²) in [6, 6.07) is 24.1. The third-order valence-corrected chi connectivity index (χ3v) is 5.83. The molecule has 34 heavy (non-hydrogen) atoms. The van der Waals surface area contributed by atoms with Crippen molar-refractivity contribution in [2.24, 2.45) is 0 Å². The Morgan fingerprint density at radius 3 is 1.85 bits per heavy atom. The van der Waals surface area contributed by atoms with E-state index in [1.165, 1.54) is 38.5 Å². The van der Waals surface area contributed by atoms with E-state index in [0.717, 1.165) is 29.7 Å². The van der Waals surface area contributed by atoms with Gasteiger partial charge >= 0.3 is 5.97 Å². The van der Waals surface area contributed by atoms with E-state index in [4.69, 9.17) is 4.74 Å². The summed E-state index contributed by atoms with van der Waals surface area (Å²) in [7, 11) is 0. The first-order chi connectivity index (χ1) is 16.7. The quantitative estimate of drug-likeness (QED) is 0.160. The number of para-hydroxylation sites is 1. The Labute approximate surface area is 203 Å². The average Bonchev–Trinajstić information content (AvgIpc) is 2.87. The summed E-state index contributed by atoms with van der Waals surface area (Å²) >= 11 is 0. The van der Waals surface area contributed by atoms with Crippen molar-refractivity contribution < 1.29 is 14.3 Å². The number of unbranched alkanes of at least 4 members (excludes halogenated alkanes) is 7. The van der Waals surface area contributed by atoms with Crippen molar-refractivity contribution in [3.8, 4) is 16.9 Å². The van der Waals surface area contributed by atoms with Crippen LogP contribution < -0.4 is 10.1 Å². The normalized spacial score (nSPS) is 10.6. The highest BCUT2D eigenvalue weighted by Gasteiger charge is 2.09. The number of carbonyl (C=O) groups is 2. The van der Waals surface area contributed by atoms with Crippen LogP contribution >= 0.6 is 0 Å². The maximum absolute atomic E-state index is 12.3. The lowest BCUT2D eigenvalue weighted by atomic mass is 10.0. The van der Waals surface area contributed by atoms with Crippen molar-refractivity contribution in [3.05, 3.63) is 84.4 Å². The summed E-state index contributed by atoms with van der Waals surface area (Å²) in [5.74, 6) is 0.212. The zero-order valence-corrected chi connectivity index (χ0v) is 20.1. The fourth-order valence-corrected chi connectivity index (χ4v) is 3.84. The number of ether oxygens (including phenoxy) is 1. The van der Waals surface area contributed by atoms with Gasteiger partial charge in [-0.15, -0.1) is 0 Å². The van der Waals surface area contributed by atoms with Gasteiger partial charge in [-0.2, -0.15) is 0 Å². The smallest absolute Gasteiger partial charge is 0.343 e. The van der Waals surface area contributed by atoms with Crippen LogP contribution in [0.2, 0.25) is 0 Å². The summed E-state index contributed by atoms with van der Waals surface area (Å²) in [6.07, 6.45) is 10.4. The van der Waals surface area contributed by atoms with Crippen molar-refractivity contribution in [3.63, 3.8) is 0 Å². The van der Waals surface area contributed by atoms with Gasteiger partial charge in [0, 0.05) is 12.1 Å². The summed E-state index contributed by atoms with van der Waals surface area (Å²) in [5, 5.41) is 2.99. The molecule has 0 fully saturated rings. The monoisotopic (exact) mass is 457 g/mol. The van der Waals surface area contributed by atoms with Gasteiger partial charge in [0.15, 0.2) is 0 Å². The number of benzene rings is 3. The number of hydrogen-bond donors (Lipinski definition) is 1. The number of amides is 1. The highest BCUT2D eigenvalue weighted by molar-refractivity contribution is 5.92. The van der Waals surface area contributed by atoms with Crippen molar-refractivity contribution in [1.82, 2.24) is 0 Å². The molecule has 0 aliphatic heterocycles. The number of carbonyl (C=O) groups excluding carboxylic acids is 2. The van der Waals surface area contributed by atoms with Crippen LogP contribution in [0, 0.1) is 0 Å². The highest BCUT2D eigenvalue weighted by Crippen LogP contribution is 2.23. The SMILES string of the molecule is CCCCCCCCCCC(=O)Nc1ccc(-c2ccc(C(=O)Oc3ccccc3)cc2)cc1. The Morgan fingerprint density at radius 2 is 1.24 bits per heavy atom. The van der Waals surface area contributed by atoms with Crippen LogP contribution in [0.5, 0.6) is 5.75 Å². The van der Waals surface area contributed by atoms with Gasteiger partial charge in [-0.25, -0.2) is 4.79 Å². The van der Waals surface area contributed by atoms with Crippen LogP contribution in [-0.2, 0) is 4.79 Å². The van der Waals surface area contributed by atoms with Crippen LogP contribution in [0.1, 0.15) is 75.1 Å². The Kier molecular flexibility index (Phi) is 10.4. The minimum atomic E-state index is -0.382. The van der Waals surface area contributed by atoms with Gasteiger partial charge in [0.25, 0.3) is 0 Å². The van der Waals surface area contributed by atoms with E-state index in [9.17, 15) is 9.59 Å². The lowest BCUT2D eigenvalue weighted by Gasteiger charge is -2.08. The molecular weight excluding hydrogens is 422 g/mol. The zero-order chi connectivity index (χ0) is 24.0. The van der Waals surface area contributed by atoms with Gasteiger partial charge in [0.2, 0.25) is 5.91 Å². The maximum atomic E-state index is 12.3.